The number of nitrogens with zero attached hydrogens (tertiary/aromatic N) is 1. The molecule has 22 heavy (non-hydrogen) atoms. The van der Waals surface area contributed by atoms with E-state index in [4.69, 9.17) is 0 Å². The van der Waals surface area contributed by atoms with Crippen LogP contribution in [0.15, 0.2) is 29.2 Å². The fourth-order valence-corrected chi connectivity index (χ4v) is 4.02. The SMILES string of the molecule is Cc1ccc(S(=O)(=O)N2CCC(NCC(C)(C)O)CC2)cc1. The first-order valence-electron chi connectivity index (χ1n) is 7.71. The Hall–Kier alpha value is -0.950. The highest BCUT2D eigenvalue weighted by atomic mass is 32.2. The summed E-state index contributed by atoms with van der Waals surface area (Å²) in [4.78, 5) is 0.362. The van der Waals surface area contributed by atoms with Gasteiger partial charge in [0.2, 0.25) is 10.0 Å². The van der Waals surface area contributed by atoms with Crippen LogP contribution in [0.2, 0.25) is 0 Å². The van der Waals surface area contributed by atoms with Crippen LogP contribution in [-0.2, 0) is 10.0 Å². The number of benzene rings is 1. The second-order valence-electron chi connectivity index (χ2n) is 6.68. The second kappa shape index (κ2) is 6.66. The molecule has 1 aromatic carbocycles. The maximum absolute atomic E-state index is 12.6. The van der Waals surface area contributed by atoms with Crippen LogP contribution in [0.25, 0.3) is 0 Å². The average molecular weight is 326 g/mol. The first kappa shape index (κ1) is 17.4. The molecular weight excluding hydrogens is 300 g/mol. The summed E-state index contributed by atoms with van der Waals surface area (Å²) in [6.07, 6.45) is 1.53. The summed E-state index contributed by atoms with van der Waals surface area (Å²) in [5.74, 6) is 0. The van der Waals surface area contributed by atoms with Crippen molar-refractivity contribution in [1.29, 1.82) is 0 Å². The summed E-state index contributed by atoms with van der Waals surface area (Å²) in [5.41, 5.74) is 0.305. The number of sulfonamides is 1. The Morgan fingerprint density at radius 1 is 1.23 bits per heavy atom. The van der Waals surface area contributed by atoms with Gasteiger partial charge >= 0.3 is 0 Å². The van der Waals surface area contributed by atoms with E-state index < -0.39 is 15.6 Å². The van der Waals surface area contributed by atoms with Gasteiger partial charge in [0.05, 0.1) is 10.5 Å². The van der Waals surface area contributed by atoms with Crippen molar-refractivity contribution in [3.8, 4) is 0 Å². The third kappa shape index (κ3) is 4.52. The molecular formula is C16H26N2O3S. The zero-order chi connectivity index (χ0) is 16.4. The topological polar surface area (TPSA) is 69.6 Å². The molecule has 0 bridgehead atoms. The van der Waals surface area contributed by atoms with E-state index in [1.54, 1.807) is 30.3 Å². The highest BCUT2D eigenvalue weighted by molar-refractivity contribution is 7.89. The Bertz CT molecular complexity index is 583. The minimum Gasteiger partial charge on any atom is -0.389 e. The van der Waals surface area contributed by atoms with E-state index in [1.807, 2.05) is 19.1 Å². The summed E-state index contributed by atoms with van der Waals surface area (Å²) < 4.78 is 26.7. The second-order valence-corrected chi connectivity index (χ2v) is 8.62. The predicted octanol–water partition coefficient (Wildman–Crippen LogP) is 1.51. The number of hydrogen-bond acceptors (Lipinski definition) is 4. The molecule has 5 nitrogen and oxygen atoms in total. The van der Waals surface area contributed by atoms with E-state index in [9.17, 15) is 13.5 Å². The summed E-state index contributed by atoms with van der Waals surface area (Å²) >= 11 is 0. The van der Waals surface area contributed by atoms with Crippen LogP contribution in [0.3, 0.4) is 0 Å². The van der Waals surface area contributed by atoms with Gasteiger partial charge in [-0.2, -0.15) is 4.31 Å². The molecule has 1 heterocycles. The van der Waals surface area contributed by atoms with E-state index >= 15 is 0 Å². The lowest BCUT2D eigenvalue weighted by molar-refractivity contribution is 0.0737. The third-order valence-corrected chi connectivity index (χ3v) is 5.85. The summed E-state index contributed by atoms with van der Waals surface area (Å²) in [5, 5.41) is 13.0. The Balaban J connectivity index is 1.94. The highest BCUT2D eigenvalue weighted by Gasteiger charge is 2.29. The van der Waals surface area contributed by atoms with Crippen LogP contribution in [0, 0.1) is 6.92 Å². The van der Waals surface area contributed by atoms with E-state index in [-0.39, 0.29) is 6.04 Å². The van der Waals surface area contributed by atoms with Crippen LogP contribution in [0.5, 0.6) is 0 Å². The molecule has 1 aromatic rings. The van der Waals surface area contributed by atoms with Crippen molar-refractivity contribution in [3.05, 3.63) is 29.8 Å². The molecule has 2 N–H and O–H groups in total. The largest absolute Gasteiger partial charge is 0.389 e. The molecule has 124 valence electrons. The number of nitrogens with one attached hydrogen (secondary N) is 1. The predicted molar refractivity (Wildman–Crippen MR) is 87.3 cm³/mol. The highest BCUT2D eigenvalue weighted by Crippen LogP contribution is 2.21. The standard InChI is InChI=1S/C16H26N2O3S/c1-13-4-6-15(7-5-13)22(20,21)18-10-8-14(9-11-18)17-12-16(2,3)19/h4-7,14,17,19H,8-12H2,1-3H3. The van der Waals surface area contributed by atoms with Crippen LogP contribution < -0.4 is 5.32 Å². The first-order chi connectivity index (χ1) is 10.2. The van der Waals surface area contributed by atoms with Crippen LogP contribution >= 0.6 is 0 Å². The van der Waals surface area contributed by atoms with Crippen molar-refractivity contribution < 1.29 is 13.5 Å². The fourth-order valence-electron chi connectivity index (χ4n) is 2.55. The molecule has 0 spiro atoms. The van der Waals surface area contributed by atoms with Crippen LogP contribution in [-0.4, -0.2) is 49.1 Å². The van der Waals surface area contributed by atoms with E-state index in [0.29, 0.717) is 24.5 Å². The fraction of sp³-hybridized carbons (Fsp3) is 0.625. The van der Waals surface area contributed by atoms with Gasteiger partial charge in [-0.3, -0.25) is 0 Å². The number of aryl methyl sites for hydroxylation is 1. The quantitative estimate of drug-likeness (QED) is 0.860. The molecule has 0 atom stereocenters. The molecule has 0 unspecified atom stereocenters. The zero-order valence-electron chi connectivity index (χ0n) is 13.5. The molecule has 0 saturated carbocycles. The van der Waals surface area contributed by atoms with Crippen LogP contribution in [0.1, 0.15) is 32.3 Å². The average Bonchev–Trinajstić information content (AvgIpc) is 2.45. The smallest absolute Gasteiger partial charge is 0.243 e. The van der Waals surface area contributed by atoms with Crippen molar-refractivity contribution in [2.45, 2.75) is 50.2 Å². The molecule has 0 aliphatic carbocycles. The Morgan fingerprint density at radius 2 is 1.77 bits per heavy atom. The summed E-state index contributed by atoms with van der Waals surface area (Å²) in [7, 11) is -3.39. The molecule has 1 fully saturated rings. The maximum atomic E-state index is 12.6. The van der Waals surface area contributed by atoms with E-state index in [1.165, 1.54) is 0 Å². The van der Waals surface area contributed by atoms with Crippen molar-refractivity contribution >= 4 is 10.0 Å². The molecule has 1 aliphatic heterocycles. The Morgan fingerprint density at radius 3 is 2.27 bits per heavy atom. The lowest BCUT2D eigenvalue weighted by atomic mass is 10.0. The monoisotopic (exact) mass is 326 g/mol. The lowest BCUT2D eigenvalue weighted by Crippen LogP contribution is -2.48. The van der Waals surface area contributed by atoms with Crippen molar-refractivity contribution in [2.24, 2.45) is 0 Å². The molecule has 0 radical (unpaired) electrons. The van der Waals surface area contributed by atoms with Gasteiger partial charge in [-0.25, -0.2) is 8.42 Å². The lowest BCUT2D eigenvalue weighted by Gasteiger charge is -2.33. The van der Waals surface area contributed by atoms with Crippen molar-refractivity contribution in [1.82, 2.24) is 9.62 Å². The van der Waals surface area contributed by atoms with Gasteiger partial charge in [-0.1, -0.05) is 17.7 Å². The van der Waals surface area contributed by atoms with Crippen molar-refractivity contribution in [2.75, 3.05) is 19.6 Å². The van der Waals surface area contributed by atoms with Gasteiger partial charge in [0, 0.05) is 25.7 Å². The number of rotatable bonds is 5. The number of hydrogen-bond donors (Lipinski definition) is 2. The Kier molecular flexibility index (Phi) is 5.27. The number of aliphatic hydroxyl groups is 1. The summed E-state index contributed by atoms with van der Waals surface area (Å²) in [6.45, 7) is 7.01. The molecule has 1 saturated heterocycles. The van der Waals surface area contributed by atoms with Gasteiger partial charge in [0.25, 0.3) is 0 Å². The van der Waals surface area contributed by atoms with E-state index in [0.717, 1.165) is 18.4 Å². The minimum atomic E-state index is -3.39. The molecule has 1 aliphatic rings. The molecule has 2 rings (SSSR count). The van der Waals surface area contributed by atoms with Crippen LogP contribution in [0.4, 0.5) is 0 Å². The molecule has 0 amide bonds. The van der Waals surface area contributed by atoms with Gasteiger partial charge in [-0.05, 0) is 45.7 Å². The molecule has 6 heteroatoms. The summed E-state index contributed by atoms with van der Waals surface area (Å²) in [6, 6.07) is 7.25. The van der Waals surface area contributed by atoms with E-state index in [2.05, 4.69) is 5.32 Å². The maximum Gasteiger partial charge on any atom is 0.243 e. The van der Waals surface area contributed by atoms with Gasteiger partial charge < -0.3 is 10.4 Å². The van der Waals surface area contributed by atoms with Gasteiger partial charge in [-0.15, -0.1) is 0 Å². The van der Waals surface area contributed by atoms with Crippen molar-refractivity contribution in [3.63, 3.8) is 0 Å². The zero-order valence-corrected chi connectivity index (χ0v) is 14.4. The van der Waals surface area contributed by atoms with Gasteiger partial charge in [0.15, 0.2) is 0 Å². The molecule has 0 aromatic heterocycles. The normalized spacial score (nSPS) is 18.5. The Labute approximate surface area is 133 Å². The third-order valence-electron chi connectivity index (χ3n) is 3.94. The van der Waals surface area contributed by atoms with Gasteiger partial charge in [0.1, 0.15) is 0 Å². The minimum absolute atomic E-state index is 0.260. The first-order valence-corrected chi connectivity index (χ1v) is 9.15. The number of piperidine rings is 1.